The number of rotatable bonds is 0. The molecule has 0 aromatic heterocycles. The minimum atomic E-state index is -0.862. The molecule has 0 amide bonds. The Morgan fingerprint density at radius 2 is 1.85 bits per heavy atom. The van der Waals surface area contributed by atoms with Crippen molar-refractivity contribution in [2.45, 2.75) is 6.42 Å². The molecule has 67 valence electrons. The molecule has 0 N–H and O–H groups in total. The molecule has 1 aromatic rings. The molecule has 0 atom stereocenters. The van der Waals surface area contributed by atoms with Crippen molar-refractivity contribution in [2.24, 2.45) is 0 Å². The van der Waals surface area contributed by atoms with Gasteiger partial charge >= 0.3 is 0 Å². The maximum Gasteiger partial charge on any atom is 0.140 e. The van der Waals surface area contributed by atoms with E-state index in [0.717, 1.165) is 6.42 Å². The third-order valence-corrected chi connectivity index (χ3v) is 1.99. The van der Waals surface area contributed by atoms with E-state index in [4.69, 9.17) is 0 Å². The summed E-state index contributed by atoms with van der Waals surface area (Å²) in [5, 5.41) is 0. The third-order valence-electron chi connectivity index (χ3n) is 1.99. The Labute approximate surface area is 73.7 Å². The van der Waals surface area contributed by atoms with Crippen LogP contribution in [0, 0.1) is 12.2 Å². The first kappa shape index (κ1) is 8.35. The smallest absolute Gasteiger partial charge is 0.140 e. The molecular formula is C10H6F3. The van der Waals surface area contributed by atoms with E-state index in [1.54, 1.807) is 0 Å². The summed E-state index contributed by atoms with van der Waals surface area (Å²) in [6.07, 6.45) is 0.920. The molecule has 13 heavy (non-hydrogen) atoms. The van der Waals surface area contributed by atoms with Gasteiger partial charge in [0.15, 0.2) is 0 Å². The lowest BCUT2D eigenvalue weighted by Crippen LogP contribution is -2.02. The number of hydrogen-bond acceptors (Lipinski definition) is 0. The van der Waals surface area contributed by atoms with Gasteiger partial charge in [0.1, 0.15) is 17.5 Å². The Balaban J connectivity index is 2.44. The number of hydrogen-bond donors (Lipinski definition) is 0. The predicted octanol–water partition coefficient (Wildman–Crippen LogP) is 3.08. The van der Waals surface area contributed by atoms with Crippen LogP contribution in [0.25, 0.3) is 0 Å². The second-order valence-corrected chi connectivity index (χ2v) is 2.92. The molecule has 0 aliphatic heterocycles. The van der Waals surface area contributed by atoms with Crippen molar-refractivity contribution in [1.29, 1.82) is 0 Å². The number of benzene rings is 1. The lowest BCUT2D eigenvalue weighted by Gasteiger charge is -2.13. The van der Waals surface area contributed by atoms with E-state index in [9.17, 15) is 13.2 Å². The Hall–Kier alpha value is -1.25. The van der Waals surface area contributed by atoms with Crippen LogP contribution in [0.2, 0.25) is 0 Å². The van der Waals surface area contributed by atoms with Gasteiger partial charge in [-0.2, -0.15) is 0 Å². The lowest BCUT2D eigenvalue weighted by molar-refractivity contribution is 0.520. The van der Waals surface area contributed by atoms with Crippen molar-refractivity contribution in [1.82, 2.24) is 0 Å². The molecule has 1 aromatic carbocycles. The molecule has 0 saturated heterocycles. The van der Waals surface area contributed by atoms with E-state index < -0.39 is 17.5 Å². The Bertz CT molecular complexity index is 380. The molecule has 0 nitrogen and oxygen atoms in total. The van der Waals surface area contributed by atoms with Gasteiger partial charge in [0, 0.05) is 6.42 Å². The van der Waals surface area contributed by atoms with Crippen LogP contribution in [0.15, 0.2) is 29.9 Å². The van der Waals surface area contributed by atoms with Crippen LogP contribution in [0.4, 0.5) is 13.2 Å². The van der Waals surface area contributed by atoms with E-state index in [1.807, 2.05) is 0 Å². The van der Waals surface area contributed by atoms with Crippen LogP contribution in [0.1, 0.15) is 11.1 Å². The van der Waals surface area contributed by atoms with Gasteiger partial charge in [0.25, 0.3) is 0 Å². The van der Waals surface area contributed by atoms with Crippen LogP contribution in [-0.2, 0) is 6.42 Å². The van der Waals surface area contributed by atoms with Crippen LogP contribution < -0.4 is 0 Å². The summed E-state index contributed by atoms with van der Waals surface area (Å²) < 4.78 is 38.1. The van der Waals surface area contributed by atoms with Crippen molar-refractivity contribution in [3.05, 3.63) is 53.2 Å². The van der Waals surface area contributed by atoms with Crippen molar-refractivity contribution in [2.75, 3.05) is 0 Å². The quantitative estimate of drug-likeness (QED) is 0.579. The zero-order valence-electron chi connectivity index (χ0n) is 6.65. The predicted molar refractivity (Wildman–Crippen MR) is 42.7 cm³/mol. The number of allylic oxidation sites excluding steroid dienone is 2. The largest absolute Gasteiger partial charge is 0.209 e. The summed E-state index contributed by atoms with van der Waals surface area (Å²) in [4.78, 5) is 0. The van der Waals surface area contributed by atoms with Gasteiger partial charge in [-0.25, -0.2) is 13.2 Å². The first-order valence-electron chi connectivity index (χ1n) is 3.84. The molecule has 0 heterocycles. The van der Waals surface area contributed by atoms with Crippen molar-refractivity contribution in [3.8, 4) is 0 Å². The van der Waals surface area contributed by atoms with Gasteiger partial charge in [-0.15, -0.1) is 0 Å². The zero-order chi connectivity index (χ0) is 9.42. The fraction of sp³-hybridized carbons (Fsp3) is 0.100. The van der Waals surface area contributed by atoms with Crippen LogP contribution >= 0.6 is 0 Å². The van der Waals surface area contributed by atoms with Crippen molar-refractivity contribution >= 4 is 0 Å². The van der Waals surface area contributed by atoms with Crippen LogP contribution in [0.5, 0.6) is 0 Å². The maximum atomic E-state index is 12.7. The number of halogens is 3. The summed E-state index contributed by atoms with van der Waals surface area (Å²) in [5.74, 6) is -2.13. The first-order valence-corrected chi connectivity index (χ1v) is 3.84. The molecule has 0 saturated carbocycles. The molecule has 0 unspecified atom stereocenters. The molecule has 2 rings (SSSR count). The molecule has 1 radical (unpaired) electrons. The highest BCUT2D eigenvalue weighted by molar-refractivity contribution is 5.44. The molecule has 0 spiro atoms. The molecule has 0 fully saturated rings. The highest BCUT2D eigenvalue weighted by atomic mass is 19.2. The molecule has 3 heteroatoms. The normalized spacial score (nSPS) is 15.9. The fourth-order valence-electron chi connectivity index (χ4n) is 1.33. The molecule has 1 aliphatic rings. The second kappa shape index (κ2) is 2.91. The minimum absolute atomic E-state index is 0.157. The van der Waals surface area contributed by atoms with Crippen molar-refractivity contribution < 1.29 is 13.2 Å². The maximum absolute atomic E-state index is 12.7. The Morgan fingerprint density at radius 3 is 2.62 bits per heavy atom. The third kappa shape index (κ3) is 1.46. The Kier molecular flexibility index (Phi) is 1.87. The highest BCUT2D eigenvalue weighted by Crippen LogP contribution is 2.29. The summed E-state index contributed by atoms with van der Waals surface area (Å²) in [5.41, 5.74) is 1.03. The van der Waals surface area contributed by atoms with Gasteiger partial charge in [-0.1, -0.05) is 6.07 Å². The van der Waals surface area contributed by atoms with E-state index in [0.29, 0.717) is 11.1 Å². The van der Waals surface area contributed by atoms with Gasteiger partial charge in [0.2, 0.25) is 0 Å². The van der Waals surface area contributed by atoms with Crippen LogP contribution in [0.3, 0.4) is 0 Å². The van der Waals surface area contributed by atoms with Crippen LogP contribution in [-0.4, -0.2) is 0 Å². The topological polar surface area (TPSA) is 0 Å². The monoisotopic (exact) mass is 183 g/mol. The van der Waals surface area contributed by atoms with Gasteiger partial charge in [0.05, 0.1) is 6.42 Å². The summed E-state index contributed by atoms with van der Waals surface area (Å²) in [6, 6.07) is 3.89. The van der Waals surface area contributed by atoms with E-state index >= 15 is 0 Å². The lowest BCUT2D eigenvalue weighted by atomic mass is 9.95. The number of fused-ring (bicyclic) bond motifs is 1. The fourth-order valence-corrected chi connectivity index (χ4v) is 1.33. The van der Waals surface area contributed by atoms with Gasteiger partial charge in [-0.3, -0.25) is 0 Å². The minimum Gasteiger partial charge on any atom is -0.209 e. The summed E-state index contributed by atoms with van der Waals surface area (Å²) >= 11 is 0. The molecular weight excluding hydrogens is 177 g/mol. The Morgan fingerprint density at radius 1 is 1.08 bits per heavy atom. The summed E-state index contributed by atoms with van der Waals surface area (Å²) in [6.45, 7) is 0. The van der Waals surface area contributed by atoms with Gasteiger partial charge < -0.3 is 0 Å². The SMILES string of the molecule is FC1=C(F)Cc2cc(F)ccc2[CH]1. The summed E-state index contributed by atoms with van der Waals surface area (Å²) in [7, 11) is 0. The van der Waals surface area contributed by atoms with E-state index in [-0.39, 0.29) is 6.42 Å². The van der Waals surface area contributed by atoms with Crippen molar-refractivity contribution in [3.63, 3.8) is 0 Å². The second-order valence-electron chi connectivity index (χ2n) is 2.92. The zero-order valence-corrected chi connectivity index (χ0v) is 6.65. The average Bonchev–Trinajstić information content (AvgIpc) is 2.08. The first-order chi connectivity index (χ1) is 6.16. The highest BCUT2D eigenvalue weighted by Gasteiger charge is 2.18. The van der Waals surface area contributed by atoms with Gasteiger partial charge in [-0.05, 0) is 23.3 Å². The molecule has 0 bridgehead atoms. The van der Waals surface area contributed by atoms with E-state index in [2.05, 4.69) is 0 Å². The standard InChI is InChI=1S/C10H6F3/c11-8-2-1-6-4-9(12)10(13)5-7(6)3-8/h1-4H,5H2. The van der Waals surface area contributed by atoms with E-state index in [1.165, 1.54) is 18.2 Å². The molecule has 1 aliphatic carbocycles. The average molecular weight is 183 g/mol.